The van der Waals surface area contributed by atoms with E-state index in [1.54, 1.807) is 0 Å². The zero-order valence-corrected chi connectivity index (χ0v) is 10.6. The summed E-state index contributed by atoms with van der Waals surface area (Å²) in [5.74, 6) is -1.22. The van der Waals surface area contributed by atoms with Crippen LogP contribution in [0.1, 0.15) is 36.1 Å². The van der Waals surface area contributed by atoms with Gasteiger partial charge in [-0.1, -0.05) is 23.8 Å². The quantitative estimate of drug-likeness (QED) is 0.539. The molecule has 0 spiro atoms. The lowest BCUT2D eigenvalue weighted by molar-refractivity contribution is -0.140. The fraction of sp³-hybridized carbons (Fsp3) is 0.429. The van der Waals surface area contributed by atoms with Crippen molar-refractivity contribution in [2.75, 3.05) is 6.61 Å². The molecule has 0 aromatic heterocycles. The van der Waals surface area contributed by atoms with E-state index in [4.69, 9.17) is 4.74 Å². The number of halogens is 4. The van der Waals surface area contributed by atoms with Crippen LogP contribution in [0.4, 0.5) is 17.6 Å². The minimum Gasteiger partial charge on any atom is -0.369 e. The van der Waals surface area contributed by atoms with Gasteiger partial charge in [-0.15, -0.1) is 0 Å². The van der Waals surface area contributed by atoms with E-state index in [0.29, 0.717) is 13.0 Å². The van der Waals surface area contributed by atoms with Crippen LogP contribution in [-0.2, 0) is 10.9 Å². The largest absolute Gasteiger partial charge is 0.419 e. The van der Waals surface area contributed by atoms with E-state index in [9.17, 15) is 17.6 Å². The molecule has 1 aromatic rings. The van der Waals surface area contributed by atoms with Crippen LogP contribution in [0.15, 0.2) is 23.8 Å². The number of hydrogen-bond donors (Lipinski definition) is 0. The van der Waals surface area contributed by atoms with E-state index < -0.39 is 23.7 Å². The van der Waals surface area contributed by atoms with E-state index in [1.165, 1.54) is 19.1 Å². The van der Waals surface area contributed by atoms with Crippen molar-refractivity contribution in [2.24, 2.45) is 0 Å². The summed E-state index contributed by atoms with van der Waals surface area (Å²) < 4.78 is 58.0. The molecule has 5 heteroatoms. The molecule has 0 fully saturated rings. The molecule has 0 saturated heterocycles. The van der Waals surface area contributed by atoms with E-state index in [0.717, 1.165) is 5.57 Å². The monoisotopic (exact) mass is 274 g/mol. The van der Waals surface area contributed by atoms with Gasteiger partial charge in [-0.3, -0.25) is 0 Å². The van der Waals surface area contributed by atoms with Crippen molar-refractivity contribution in [3.63, 3.8) is 0 Å². The van der Waals surface area contributed by atoms with Gasteiger partial charge in [0.15, 0.2) is 0 Å². The lowest BCUT2D eigenvalue weighted by Crippen LogP contribution is -2.17. The maximum Gasteiger partial charge on any atom is 0.419 e. The summed E-state index contributed by atoms with van der Waals surface area (Å²) in [5, 5.41) is 0. The van der Waals surface area contributed by atoms with E-state index >= 15 is 0 Å². The van der Waals surface area contributed by atoms with Gasteiger partial charge in [0.25, 0.3) is 0 Å². The Bertz CT molecular complexity index is 517. The summed E-state index contributed by atoms with van der Waals surface area (Å²) in [5.41, 5.74) is -0.336. The molecule has 1 heterocycles. The second kappa shape index (κ2) is 4.96. The lowest BCUT2D eigenvalue weighted by Gasteiger charge is -2.24. The van der Waals surface area contributed by atoms with Crippen molar-refractivity contribution in [3.05, 3.63) is 46.3 Å². The van der Waals surface area contributed by atoms with Crippen molar-refractivity contribution in [3.8, 4) is 0 Å². The van der Waals surface area contributed by atoms with Crippen molar-refractivity contribution >= 4 is 0 Å². The van der Waals surface area contributed by atoms with Crippen LogP contribution in [0.5, 0.6) is 0 Å². The van der Waals surface area contributed by atoms with Crippen LogP contribution in [0.3, 0.4) is 0 Å². The standard InChI is InChI=1S/C14H14F4O/c1-8-3-6-11(19-7-8)10-5-4-9(2)12(13(10)15)14(16,17)18/h3-5,11H,6-7H2,1-2H3. The van der Waals surface area contributed by atoms with Gasteiger partial charge in [-0.2, -0.15) is 13.2 Å². The fourth-order valence-corrected chi connectivity index (χ4v) is 2.17. The zero-order valence-electron chi connectivity index (χ0n) is 10.6. The Labute approximate surface area is 108 Å². The van der Waals surface area contributed by atoms with Gasteiger partial charge in [-0.25, -0.2) is 4.39 Å². The number of alkyl halides is 3. The summed E-state index contributed by atoms with van der Waals surface area (Å²) in [4.78, 5) is 0. The first-order chi connectivity index (χ1) is 8.80. The molecule has 0 N–H and O–H groups in total. The predicted molar refractivity (Wildman–Crippen MR) is 63.2 cm³/mol. The second-order valence-corrected chi connectivity index (χ2v) is 4.74. The molecule has 0 bridgehead atoms. The molecule has 1 aliphatic heterocycles. The maximum atomic E-state index is 14.1. The Hall–Kier alpha value is -1.36. The van der Waals surface area contributed by atoms with E-state index in [2.05, 4.69) is 0 Å². The van der Waals surface area contributed by atoms with E-state index in [-0.39, 0.29) is 11.1 Å². The normalized spacial score (nSPS) is 20.3. The topological polar surface area (TPSA) is 9.23 Å². The lowest BCUT2D eigenvalue weighted by atomic mass is 9.97. The van der Waals surface area contributed by atoms with Crippen molar-refractivity contribution in [1.29, 1.82) is 0 Å². The van der Waals surface area contributed by atoms with Crippen LogP contribution >= 0.6 is 0 Å². The predicted octanol–water partition coefficient (Wildman–Crippen LogP) is 4.56. The van der Waals surface area contributed by atoms with Gasteiger partial charge in [0, 0.05) is 5.56 Å². The summed E-state index contributed by atoms with van der Waals surface area (Å²) >= 11 is 0. The molecule has 1 atom stereocenters. The highest BCUT2D eigenvalue weighted by molar-refractivity contribution is 5.36. The number of rotatable bonds is 1. The third-order valence-electron chi connectivity index (χ3n) is 3.20. The van der Waals surface area contributed by atoms with Gasteiger partial charge in [0.1, 0.15) is 5.82 Å². The number of benzene rings is 1. The minimum absolute atomic E-state index is 0.0262. The Morgan fingerprint density at radius 3 is 2.42 bits per heavy atom. The van der Waals surface area contributed by atoms with Gasteiger partial charge in [0.05, 0.1) is 18.3 Å². The summed E-state index contributed by atoms with van der Waals surface area (Å²) in [6.45, 7) is 3.43. The number of hydrogen-bond acceptors (Lipinski definition) is 1. The molecule has 19 heavy (non-hydrogen) atoms. The summed E-state index contributed by atoms with van der Waals surface area (Å²) in [6, 6.07) is 2.66. The molecule has 0 radical (unpaired) electrons. The van der Waals surface area contributed by atoms with Crippen LogP contribution in [0.25, 0.3) is 0 Å². The van der Waals surface area contributed by atoms with Crippen LogP contribution in [-0.4, -0.2) is 6.61 Å². The second-order valence-electron chi connectivity index (χ2n) is 4.74. The molecule has 0 saturated carbocycles. The molecule has 1 aliphatic rings. The van der Waals surface area contributed by atoms with Crippen LogP contribution < -0.4 is 0 Å². The third-order valence-corrected chi connectivity index (χ3v) is 3.20. The molecular weight excluding hydrogens is 260 g/mol. The molecule has 1 aromatic carbocycles. The minimum atomic E-state index is -4.69. The van der Waals surface area contributed by atoms with Gasteiger partial charge in [0.2, 0.25) is 0 Å². The van der Waals surface area contributed by atoms with E-state index in [1.807, 2.05) is 13.0 Å². The Morgan fingerprint density at radius 2 is 1.89 bits per heavy atom. The Balaban J connectivity index is 2.43. The average Bonchev–Trinajstić information content (AvgIpc) is 2.29. The molecule has 1 nitrogen and oxygen atoms in total. The molecule has 2 rings (SSSR count). The molecule has 104 valence electrons. The van der Waals surface area contributed by atoms with Crippen molar-refractivity contribution in [2.45, 2.75) is 32.5 Å². The Morgan fingerprint density at radius 1 is 1.21 bits per heavy atom. The van der Waals surface area contributed by atoms with Crippen LogP contribution in [0, 0.1) is 12.7 Å². The molecular formula is C14H14F4O. The van der Waals surface area contributed by atoms with Crippen molar-refractivity contribution < 1.29 is 22.3 Å². The van der Waals surface area contributed by atoms with Crippen LogP contribution in [0.2, 0.25) is 0 Å². The smallest absolute Gasteiger partial charge is 0.369 e. The zero-order chi connectivity index (χ0) is 14.2. The average molecular weight is 274 g/mol. The summed E-state index contributed by atoms with van der Waals surface area (Å²) in [6.07, 6.45) is -3.08. The molecule has 0 aliphatic carbocycles. The van der Waals surface area contributed by atoms with Gasteiger partial charge in [-0.05, 0) is 25.8 Å². The first-order valence-electron chi connectivity index (χ1n) is 5.94. The molecule has 0 amide bonds. The SMILES string of the molecule is CC1=CCC(c2ccc(C)c(C(F)(F)F)c2F)OC1. The third kappa shape index (κ3) is 2.81. The molecule has 1 unspecified atom stereocenters. The highest BCUT2D eigenvalue weighted by Crippen LogP contribution is 2.38. The maximum absolute atomic E-state index is 14.1. The fourth-order valence-electron chi connectivity index (χ4n) is 2.17. The van der Waals surface area contributed by atoms with Crippen molar-refractivity contribution in [1.82, 2.24) is 0 Å². The summed E-state index contributed by atoms with van der Waals surface area (Å²) in [7, 11) is 0. The first kappa shape index (κ1) is 14.1. The Kier molecular flexibility index (Phi) is 3.67. The number of ether oxygens (including phenoxy) is 1. The number of aryl methyl sites for hydroxylation is 1. The van der Waals surface area contributed by atoms with Gasteiger partial charge >= 0.3 is 6.18 Å². The highest BCUT2D eigenvalue weighted by Gasteiger charge is 2.37. The first-order valence-corrected chi connectivity index (χ1v) is 5.94. The van der Waals surface area contributed by atoms with Gasteiger partial charge < -0.3 is 4.74 Å². The highest BCUT2D eigenvalue weighted by atomic mass is 19.4.